The molecule has 0 bridgehead atoms. The second-order valence-corrected chi connectivity index (χ2v) is 10.4. The van der Waals surface area contributed by atoms with Crippen molar-refractivity contribution < 1.29 is 64.2 Å². The molecule has 0 saturated heterocycles. The van der Waals surface area contributed by atoms with E-state index in [9.17, 15) is 43.8 Å². The third kappa shape index (κ3) is 12.9. The number of aliphatic carboxylic acids is 6. The van der Waals surface area contributed by atoms with E-state index in [4.69, 9.17) is 20.4 Å². The van der Waals surface area contributed by atoms with E-state index in [0.717, 1.165) is 20.7 Å². The van der Waals surface area contributed by atoms with E-state index < -0.39 is 86.4 Å². The van der Waals surface area contributed by atoms with E-state index in [1.54, 1.807) is 30.5 Å². The molecule has 2 atom stereocenters. The molecule has 252 valence electrons. The van der Waals surface area contributed by atoms with Gasteiger partial charge in [0.05, 0.1) is 26.2 Å². The van der Waals surface area contributed by atoms with E-state index in [1.807, 2.05) is 0 Å². The monoisotopic (exact) mass is 651 g/mol. The molecule has 1 aromatic carbocycles. The van der Waals surface area contributed by atoms with Crippen molar-refractivity contribution in [3.05, 3.63) is 36.0 Å². The average Bonchev–Trinajstić information content (AvgIpc) is 3.34. The number of hydrogen-bond donors (Lipinski definition) is 8. The second kappa shape index (κ2) is 18.0. The number of nitrogens with zero attached hydrogens (tertiary/aromatic N) is 3. The minimum Gasteiger partial charge on any atom is -0.480 e. The summed E-state index contributed by atoms with van der Waals surface area (Å²) in [6, 6.07) is 4.37. The molecule has 1 unspecified atom stereocenters. The molecule has 1 heterocycles. The third-order valence-electron chi connectivity index (χ3n) is 6.95. The molecule has 0 fully saturated rings. The summed E-state index contributed by atoms with van der Waals surface area (Å²) in [4.78, 5) is 88.4. The van der Waals surface area contributed by atoms with Crippen molar-refractivity contribution in [1.29, 1.82) is 0 Å². The highest BCUT2D eigenvalue weighted by atomic mass is 16.4. The Balaban J connectivity index is 2.20. The van der Waals surface area contributed by atoms with Crippen molar-refractivity contribution in [2.24, 2.45) is 0 Å². The molecule has 1 amide bonds. The molecule has 0 aliphatic heterocycles. The van der Waals surface area contributed by atoms with E-state index in [0.29, 0.717) is 5.56 Å². The number of nitrogens with one attached hydrogen (secondary N) is 2. The lowest BCUT2D eigenvalue weighted by Gasteiger charge is -2.32. The summed E-state index contributed by atoms with van der Waals surface area (Å²) in [5.41, 5.74) is 1.41. The van der Waals surface area contributed by atoms with Crippen molar-refractivity contribution in [3.63, 3.8) is 0 Å². The molecule has 46 heavy (non-hydrogen) atoms. The summed E-state index contributed by atoms with van der Waals surface area (Å²) in [6.07, 6.45) is 0.746. The van der Waals surface area contributed by atoms with Gasteiger partial charge in [0.2, 0.25) is 5.91 Å². The van der Waals surface area contributed by atoms with Crippen LogP contribution in [0.5, 0.6) is 0 Å². The summed E-state index contributed by atoms with van der Waals surface area (Å²) < 4.78 is 0. The van der Waals surface area contributed by atoms with Gasteiger partial charge in [-0.05, 0) is 18.1 Å². The van der Waals surface area contributed by atoms with Crippen molar-refractivity contribution in [1.82, 2.24) is 25.0 Å². The van der Waals surface area contributed by atoms with Gasteiger partial charge in [-0.15, -0.1) is 0 Å². The van der Waals surface area contributed by atoms with Crippen molar-refractivity contribution >= 4 is 52.6 Å². The SMILES string of the molecule is O=C(O)CN(CCN(CCN(CC(=O)O)CC(=O)O)C(CCC(=O)N[C@@H](Cc1c[nH]c2ccccc12)C(=O)O)C(=O)O)CC(=O)O. The fourth-order valence-electron chi connectivity index (χ4n) is 4.87. The first-order valence-corrected chi connectivity index (χ1v) is 14.0. The zero-order valence-corrected chi connectivity index (χ0v) is 24.7. The standard InChI is InChI=1S/C28H37N5O13/c34-22(30-20(27(43)44)11-17-12-29-19-4-2-1-3-18(17)19)6-5-21(28(45)46)33(9-7-31(13-23(35)36)14-24(37)38)10-8-32(15-25(39)40)16-26(41)42/h1-4,12,20-21,29H,5-11,13-16H2,(H,30,34)(H,35,36)(H,37,38)(H,39,40)(H,41,42)(H,43,44)(H,45,46)/t20-,21?/m0/s1. The molecule has 0 aliphatic carbocycles. The van der Waals surface area contributed by atoms with Gasteiger partial charge in [0.25, 0.3) is 0 Å². The first-order chi connectivity index (χ1) is 21.7. The molecule has 18 heteroatoms. The molecule has 0 aliphatic rings. The van der Waals surface area contributed by atoms with Gasteiger partial charge < -0.3 is 40.9 Å². The summed E-state index contributed by atoms with van der Waals surface area (Å²) in [6.45, 7) is -3.73. The molecular weight excluding hydrogens is 614 g/mol. The van der Waals surface area contributed by atoms with Crippen molar-refractivity contribution in [2.45, 2.75) is 31.3 Å². The number of carboxylic acid groups (broad SMARTS) is 6. The van der Waals surface area contributed by atoms with Gasteiger partial charge in [-0.25, -0.2) is 4.79 Å². The highest BCUT2D eigenvalue weighted by molar-refractivity contribution is 5.87. The highest BCUT2D eigenvalue weighted by Gasteiger charge is 2.29. The van der Waals surface area contributed by atoms with Gasteiger partial charge >= 0.3 is 35.8 Å². The van der Waals surface area contributed by atoms with Crippen LogP contribution >= 0.6 is 0 Å². The number of amides is 1. The van der Waals surface area contributed by atoms with Crippen LogP contribution in [0.3, 0.4) is 0 Å². The van der Waals surface area contributed by atoms with Gasteiger partial charge in [-0.3, -0.25) is 43.5 Å². The number of fused-ring (bicyclic) bond motifs is 1. The van der Waals surface area contributed by atoms with Gasteiger partial charge in [-0.1, -0.05) is 18.2 Å². The molecule has 1 aromatic heterocycles. The lowest BCUT2D eigenvalue weighted by atomic mass is 10.0. The largest absolute Gasteiger partial charge is 0.480 e. The maximum Gasteiger partial charge on any atom is 0.326 e. The number of aromatic amines is 1. The van der Waals surface area contributed by atoms with Gasteiger partial charge in [0, 0.05) is 56.1 Å². The molecule has 18 nitrogen and oxygen atoms in total. The molecule has 0 saturated carbocycles. The lowest BCUT2D eigenvalue weighted by molar-refractivity contribution is -0.146. The Morgan fingerprint density at radius 2 is 1.20 bits per heavy atom. The smallest absolute Gasteiger partial charge is 0.326 e. The second-order valence-electron chi connectivity index (χ2n) is 10.4. The lowest BCUT2D eigenvalue weighted by Crippen LogP contribution is -2.50. The topological polar surface area (TPSA) is 278 Å². The summed E-state index contributed by atoms with van der Waals surface area (Å²) in [5.74, 6) is -8.86. The molecule has 0 radical (unpaired) electrons. The van der Waals surface area contributed by atoms with Gasteiger partial charge in [-0.2, -0.15) is 0 Å². The number of benzene rings is 1. The Morgan fingerprint density at radius 3 is 1.65 bits per heavy atom. The van der Waals surface area contributed by atoms with Crippen LogP contribution in [0.4, 0.5) is 0 Å². The number of carbonyl (C=O) groups is 7. The van der Waals surface area contributed by atoms with Crippen LogP contribution in [0.25, 0.3) is 10.9 Å². The maximum atomic E-state index is 12.8. The number of aromatic nitrogens is 1. The Labute approximate surface area is 261 Å². The molecule has 8 N–H and O–H groups in total. The number of para-hydroxylation sites is 1. The fourth-order valence-corrected chi connectivity index (χ4v) is 4.87. The van der Waals surface area contributed by atoms with Gasteiger partial charge in [0.1, 0.15) is 12.1 Å². The third-order valence-corrected chi connectivity index (χ3v) is 6.95. The molecular formula is C28H37N5O13. The van der Waals surface area contributed by atoms with Crippen LogP contribution in [0.1, 0.15) is 18.4 Å². The van der Waals surface area contributed by atoms with Crippen LogP contribution in [0.15, 0.2) is 30.5 Å². The normalized spacial score (nSPS) is 12.7. The Bertz CT molecular complexity index is 1340. The maximum absolute atomic E-state index is 12.8. The molecule has 2 aromatic rings. The van der Waals surface area contributed by atoms with Crippen LogP contribution in [-0.4, -0.2) is 156 Å². The van der Waals surface area contributed by atoms with E-state index >= 15 is 0 Å². The van der Waals surface area contributed by atoms with Gasteiger partial charge in [0.15, 0.2) is 0 Å². The Morgan fingerprint density at radius 1 is 0.696 bits per heavy atom. The van der Waals surface area contributed by atoms with Crippen molar-refractivity contribution in [3.8, 4) is 0 Å². The predicted molar refractivity (Wildman–Crippen MR) is 157 cm³/mol. The van der Waals surface area contributed by atoms with Crippen molar-refractivity contribution in [2.75, 3.05) is 52.4 Å². The summed E-state index contributed by atoms with van der Waals surface area (Å²) in [7, 11) is 0. The Kier molecular flexibility index (Phi) is 14.6. The summed E-state index contributed by atoms with van der Waals surface area (Å²) >= 11 is 0. The average molecular weight is 652 g/mol. The van der Waals surface area contributed by atoms with Crippen LogP contribution in [-0.2, 0) is 40.0 Å². The number of carboxylic acids is 6. The summed E-state index contributed by atoms with van der Waals surface area (Å²) in [5, 5.41) is 59.5. The minimum absolute atomic E-state index is 0.0639. The first kappa shape index (κ1) is 37.1. The fraction of sp³-hybridized carbons (Fsp3) is 0.464. The quantitative estimate of drug-likeness (QED) is 0.0697. The Hall–Kier alpha value is -5.07. The van der Waals surface area contributed by atoms with Crippen LogP contribution in [0.2, 0.25) is 0 Å². The number of H-pyrrole nitrogens is 1. The first-order valence-electron chi connectivity index (χ1n) is 14.0. The molecule has 0 spiro atoms. The van der Waals surface area contributed by atoms with E-state index in [2.05, 4.69) is 10.3 Å². The van der Waals surface area contributed by atoms with E-state index in [1.165, 1.54) is 4.90 Å². The highest BCUT2D eigenvalue weighted by Crippen LogP contribution is 2.19. The van der Waals surface area contributed by atoms with E-state index in [-0.39, 0.29) is 39.0 Å². The minimum atomic E-state index is -1.45. The van der Waals surface area contributed by atoms with Crippen LogP contribution in [0, 0.1) is 0 Å². The zero-order valence-electron chi connectivity index (χ0n) is 24.7. The zero-order chi connectivity index (χ0) is 34.4. The number of carbonyl (C=O) groups excluding carboxylic acids is 1. The predicted octanol–water partition coefficient (Wildman–Crippen LogP) is -1.24. The van der Waals surface area contributed by atoms with Crippen LogP contribution < -0.4 is 5.32 Å². The number of hydrogen-bond acceptors (Lipinski definition) is 10. The number of rotatable bonds is 23. The molecule has 2 rings (SSSR count).